The van der Waals surface area contributed by atoms with Crippen molar-refractivity contribution in [3.05, 3.63) is 106 Å². The predicted molar refractivity (Wildman–Crippen MR) is 136 cm³/mol. The van der Waals surface area contributed by atoms with Crippen molar-refractivity contribution in [2.24, 2.45) is 5.11 Å². The average Bonchev–Trinajstić information content (AvgIpc) is 2.82. The topological polar surface area (TPSA) is 61.2 Å². The molecule has 0 saturated carbocycles. The molecule has 0 fully saturated rings. The summed E-state index contributed by atoms with van der Waals surface area (Å²) in [6.45, 7) is 10.4. The lowest BCUT2D eigenvalue weighted by Gasteiger charge is -2.32. The maximum absolute atomic E-state index is 9.01. The van der Waals surface area contributed by atoms with Crippen LogP contribution in [-0.2, 0) is 6.61 Å². The first-order valence-electron chi connectivity index (χ1n) is 11.7. The van der Waals surface area contributed by atoms with E-state index in [1.807, 2.05) is 42.5 Å². The van der Waals surface area contributed by atoms with Gasteiger partial charge in [-0.1, -0.05) is 65.8 Å². The van der Waals surface area contributed by atoms with Gasteiger partial charge in [-0.15, -0.1) is 0 Å². The maximum atomic E-state index is 9.01. The van der Waals surface area contributed by atoms with Gasteiger partial charge >= 0.3 is 0 Å². The highest BCUT2D eigenvalue weighted by molar-refractivity contribution is 5.51. The van der Waals surface area contributed by atoms with Crippen LogP contribution in [0.15, 0.2) is 84.0 Å². The van der Waals surface area contributed by atoms with Crippen LogP contribution >= 0.6 is 0 Å². The molecule has 3 rings (SSSR count). The van der Waals surface area contributed by atoms with Crippen LogP contribution in [0, 0.1) is 0 Å². The Balaban J connectivity index is 1.99. The third-order valence-corrected chi connectivity index (χ3v) is 5.97. The highest BCUT2D eigenvalue weighted by Gasteiger charge is 2.22. The molecule has 0 heterocycles. The van der Waals surface area contributed by atoms with E-state index in [2.05, 4.69) is 79.0 Å². The van der Waals surface area contributed by atoms with Crippen molar-refractivity contribution in [2.45, 2.75) is 58.7 Å². The van der Waals surface area contributed by atoms with Gasteiger partial charge in [0.15, 0.2) is 0 Å². The van der Waals surface area contributed by atoms with Gasteiger partial charge in [-0.3, -0.25) is 4.90 Å². The molecular formula is C28H34N4O. The van der Waals surface area contributed by atoms with Gasteiger partial charge in [0, 0.05) is 34.2 Å². The molecule has 0 N–H and O–H groups in total. The Morgan fingerprint density at radius 1 is 0.879 bits per heavy atom. The average molecular weight is 443 g/mol. The van der Waals surface area contributed by atoms with Crippen molar-refractivity contribution >= 4 is 5.69 Å². The van der Waals surface area contributed by atoms with E-state index in [0.29, 0.717) is 24.4 Å². The second-order valence-corrected chi connectivity index (χ2v) is 8.86. The molecule has 172 valence electrons. The Bertz CT molecular complexity index is 1040. The first kappa shape index (κ1) is 24.4. The molecule has 5 heteroatoms. The molecule has 1 atom stereocenters. The minimum atomic E-state index is 0.116. The van der Waals surface area contributed by atoms with Gasteiger partial charge in [0.05, 0.1) is 0 Å². The largest absolute Gasteiger partial charge is 0.489 e. The van der Waals surface area contributed by atoms with Crippen LogP contribution in [0.3, 0.4) is 0 Å². The van der Waals surface area contributed by atoms with Gasteiger partial charge in [0.2, 0.25) is 0 Å². The Labute approximate surface area is 197 Å². The van der Waals surface area contributed by atoms with Crippen LogP contribution in [0.2, 0.25) is 0 Å². The zero-order valence-electron chi connectivity index (χ0n) is 20.1. The summed E-state index contributed by atoms with van der Waals surface area (Å²) in [6, 6.07) is 27.3. The fraction of sp³-hybridized carbons (Fsp3) is 0.357. The molecule has 3 aromatic rings. The zero-order chi connectivity index (χ0) is 23.6. The molecule has 0 bridgehead atoms. The van der Waals surface area contributed by atoms with Crippen molar-refractivity contribution in [1.29, 1.82) is 0 Å². The monoisotopic (exact) mass is 442 g/mol. The third kappa shape index (κ3) is 6.85. The minimum absolute atomic E-state index is 0.116. The molecule has 0 aliphatic heterocycles. The molecule has 3 aromatic carbocycles. The number of benzene rings is 3. The second-order valence-electron chi connectivity index (χ2n) is 8.86. The normalized spacial score (nSPS) is 12.1. The summed E-state index contributed by atoms with van der Waals surface area (Å²) in [5, 5.41) is 3.87. The summed E-state index contributed by atoms with van der Waals surface area (Å²) in [6.07, 6.45) is 0.932. The van der Waals surface area contributed by atoms with E-state index in [0.717, 1.165) is 29.8 Å². The molecule has 0 spiro atoms. The van der Waals surface area contributed by atoms with Gasteiger partial charge in [-0.2, -0.15) is 0 Å². The van der Waals surface area contributed by atoms with Crippen LogP contribution in [0.5, 0.6) is 5.75 Å². The lowest BCUT2D eigenvalue weighted by molar-refractivity contribution is 0.170. The summed E-state index contributed by atoms with van der Waals surface area (Å²) >= 11 is 0. The van der Waals surface area contributed by atoms with E-state index in [1.165, 1.54) is 5.56 Å². The van der Waals surface area contributed by atoms with Crippen LogP contribution in [-0.4, -0.2) is 23.5 Å². The van der Waals surface area contributed by atoms with Crippen molar-refractivity contribution in [3.8, 4) is 5.75 Å². The Hall–Kier alpha value is -3.27. The molecule has 0 aliphatic carbocycles. The summed E-state index contributed by atoms with van der Waals surface area (Å²) in [5.41, 5.74) is 13.0. The number of hydrogen-bond acceptors (Lipinski definition) is 3. The van der Waals surface area contributed by atoms with Crippen LogP contribution in [0.25, 0.3) is 10.4 Å². The molecule has 0 saturated heterocycles. The summed E-state index contributed by atoms with van der Waals surface area (Å²) in [7, 11) is 0. The molecule has 0 radical (unpaired) electrons. The van der Waals surface area contributed by atoms with E-state index in [4.69, 9.17) is 10.3 Å². The molecule has 1 unspecified atom stereocenters. The molecular weight excluding hydrogens is 408 g/mol. The van der Waals surface area contributed by atoms with Crippen molar-refractivity contribution in [2.75, 3.05) is 6.54 Å². The second kappa shape index (κ2) is 12.1. The molecule has 0 aromatic heterocycles. The number of hydrogen-bond donors (Lipinski definition) is 0. The Morgan fingerprint density at radius 3 is 2.12 bits per heavy atom. The van der Waals surface area contributed by atoms with Crippen molar-refractivity contribution < 1.29 is 4.74 Å². The minimum Gasteiger partial charge on any atom is -0.489 e. The van der Waals surface area contributed by atoms with Crippen LogP contribution < -0.4 is 4.74 Å². The van der Waals surface area contributed by atoms with Crippen LogP contribution in [0.1, 0.15) is 56.7 Å². The smallest absolute Gasteiger partial charge is 0.123 e. The summed E-state index contributed by atoms with van der Waals surface area (Å²) in [5.74, 6) is 0.941. The number of nitrogens with zero attached hydrogens (tertiary/aromatic N) is 4. The van der Waals surface area contributed by atoms with E-state index >= 15 is 0 Å². The van der Waals surface area contributed by atoms with Gasteiger partial charge in [-0.25, -0.2) is 0 Å². The molecule has 33 heavy (non-hydrogen) atoms. The lowest BCUT2D eigenvalue weighted by Crippen LogP contribution is -2.38. The van der Waals surface area contributed by atoms with Gasteiger partial charge < -0.3 is 4.74 Å². The van der Waals surface area contributed by atoms with Gasteiger partial charge in [-0.05, 0) is 75.5 Å². The zero-order valence-corrected chi connectivity index (χ0v) is 20.1. The SMILES string of the molecule is CC(C)N(CCC(c1ccccc1)c1cc(N=[N+]=[N-])ccc1OCc1ccccc1)C(C)C. The maximum Gasteiger partial charge on any atom is 0.123 e. The standard InChI is InChI=1S/C28H34N4O/c1-21(2)32(22(3)4)18-17-26(24-13-9-6-10-14-24)27-19-25(30-31-29)15-16-28(27)33-20-23-11-7-5-8-12-23/h5-16,19,21-22,26H,17-18,20H2,1-4H3. The molecule has 0 amide bonds. The van der Waals surface area contributed by atoms with E-state index in [-0.39, 0.29) is 5.92 Å². The van der Waals surface area contributed by atoms with Gasteiger partial charge in [0.25, 0.3) is 0 Å². The summed E-state index contributed by atoms with van der Waals surface area (Å²) in [4.78, 5) is 5.51. The highest BCUT2D eigenvalue weighted by atomic mass is 16.5. The lowest BCUT2D eigenvalue weighted by atomic mass is 9.87. The molecule has 5 nitrogen and oxygen atoms in total. The molecule has 0 aliphatic rings. The Morgan fingerprint density at radius 2 is 1.52 bits per heavy atom. The van der Waals surface area contributed by atoms with E-state index < -0.39 is 0 Å². The fourth-order valence-electron chi connectivity index (χ4n) is 4.37. The quantitative estimate of drug-likeness (QED) is 0.172. The van der Waals surface area contributed by atoms with Gasteiger partial charge in [0.1, 0.15) is 12.4 Å². The number of rotatable bonds is 11. The van der Waals surface area contributed by atoms with Crippen molar-refractivity contribution in [3.63, 3.8) is 0 Å². The number of azide groups is 1. The van der Waals surface area contributed by atoms with E-state index in [1.54, 1.807) is 0 Å². The number of ether oxygens (including phenoxy) is 1. The predicted octanol–water partition coefficient (Wildman–Crippen LogP) is 7.85. The Kier molecular flexibility index (Phi) is 8.94. The van der Waals surface area contributed by atoms with Crippen LogP contribution in [0.4, 0.5) is 5.69 Å². The van der Waals surface area contributed by atoms with E-state index in [9.17, 15) is 0 Å². The van der Waals surface area contributed by atoms with Crippen molar-refractivity contribution in [1.82, 2.24) is 4.90 Å². The first-order chi connectivity index (χ1) is 16.0. The first-order valence-corrected chi connectivity index (χ1v) is 11.7. The fourth-order valence-corrected chi connectivity index (χ4v) is 4.37. The highest BCUT2D eigenvalue weighted by Crippen LogP contribution is 2.38. The summed E-state index contributed by atoms with van der Waals surface area (Å²) < 4.78 is 6.31. The third-order valence-electron chi connectivity index (χ3n) is 5.97.